The van der Waals surface area contributed by atoms with Crippen molar-refractivity contribution in [3.8, 4) is 22.7 Å². The summed E-state index contributed by atoms with van der Waals surface area (Å²) in [5.41, 5.74) is 7.72. The minimum atomic E-state index is -0.322. The van der Waals surface area contributed by atoms with Crippen LogP contribution in [0.1, 0.15) is 27.8 Å². The molecule has 0 spiro atoms. The van der Waals surface area contributed by atoms with Crippen LogP contribution in [0.3, 0.4) is 0 Å². The Morgan fingerprint density at radius 2 is 1.74 bits per heavy atom. The Morgan fingerprint density at radius 1 is 0.935 bits per heavy atom. The van der Waals surface area contributed by atoms with Gasteiger partial charge in [-0.1, -0.05) is 24.3 Å². The quantitative estimate of drug-likeness (QED) is 0.495. The lowest BCUT2D eigenvalue weighted by Gasteiger charge is -2.16. The fourth-order valence-corrected chi connectivity index (χ4v) is 3.54. The minimum absolute atomic E-state index is 0.322. The molecule has 4 rings (SSSR count). The molecule has 0 saturated carbocycles. The summed E-state index contributed by atoms with van der Waals surface area (Å²) >= 11 is 0. The number of aromatic nitrogens is 5. The molecule has 0 unspecified atom stereocenters. The Labute approximate surface area is 180 Å². The van der Waals surface area contributed by atoms with E-state index in [2.05, 4.69) is 47.5 Å². The zero-order valence-electron chi connectivity index (χ0n) is 18.4. The number of hydrogen-bond acceptors (Lipinski definition) is 5. The average molecular weight is 415 g/mol. The van der Waals surface area contributed by atoms with Gasteiger partial charge in [0.1, 0.15) is 18.0 Å². The lowest BCUT2D eigenvalue weighted by atomic mass is 9.98. The SMILES string of the molecule is Cc1ccc(-c2cc(C)c(COc3c(C)cccc3-n3nnn(C)c3=O)cc2C)nc1. The predicted molar refractivity (Wildman–Crippen MR) is 120 cm³/mol. The van der Waals surface area contributed by atoms with Crippen molar-refractivity contribution in [2.45, 2.75) is 34.3 Å². The standard InChI is InChI=1S/C24H25N5O2/c1-15-9-10-21(25-13-15)20-12-17(3)19(11-18(20)4)14-31-23-16(2)7-6-8-22(23)29-24(30)28(5)26-27-29/h6-13H,14H2,1-5H3. The number of benzene rings is 2. The van der Waals surface area contributed by atoms with Crippen LogP contribution < -0.4 is 10.4 Å². The van der Waals surface area contributed by atoms with E-state index in [1.807, 2.05) is 44.3 Å². The summed E-state index contributed by atoms with van der Waals surface area (Å²) in [4.78, 5) is 16.9. The smallest absolute Gasteiger partial charge is 0.368 e. The van der Waals surface area contributed by atoms with Gasteiger partial charge in [0.25, 0.3) is 0 Å². The number of para-hydroxylation sites is 1. The molecule has 7 nitrogen and oxygen atoms in total. The Hall–Kier alpha value is -3.74. The van der Waals surface area contributed by atoms with Crippen molar-refractivity contribution >= 4 is 0 Å². The molecule has 0 saturated heterocycles. The second kappa shape index (κ2) is 8.18. The van der Waals surface area contributed by atoms with Crippen LogP contribution in [0.25, 0.3) is 16.9 Å². The van der Waals surface area contributed by atoms with Gasteiger partial charge in [0, 0.05) is 18.8 Å². The lowest BCUT2D eigenvalue weighted by molar-refractivity contribution is 0.301. The molecule has 2 heterocycles. The third-order valence-corrected chi connectivity index (χ3v) is 5.38. The first-order valence-corrected chi connectivity index (χ1v) is 10.1. The molecular formula is C24H25N5O2. The Balaban J connectivity index is 1.65. The van der Waals surface area contributed by atoms with E-state index in [4.69, 9.17) is 4.74 Å². The van der Waals surface area contributed by atoms with Gasteiger partial charge in [-0.05, 0) is 84.1 Å². The second-order valence-electron chi connectivity index (χ2n) is 7.82. The van der Waals surface area contributed by atoms with Gasteiger partial charge in [-0.2, -0.15) is 9.36 Å². The summed E-state index contributed by atoms with van der Waals surface area (Å²) in [5.74, 6) is 0.617. The normalized spacial score (nSPS) is 11.0. The summed E-state index contributed by atoms with van der Waals surface area (Å²) < 4.78 is 8.67. The van der Waals surface area contributed by atoms with Crippen molar-refractivity contribution in [1.29, 1.82) is 0 Å². The summed E-state index contributed by atoms with van der Waals surface area (Å²) in [6.07, 6.45) is 1.88. The Kier molecular flexibility index (Phi) is 5.42. The molecule has 0 aliphatic carbocycles. The van der Waals surface area contributed by atoms with Gasteiger partial charge in [-0.15, -0.1) is 0 Å². The monoisotopic (exact) mass is 415 g/mol. The fourth-order valence-electron chi connectivity index (χ4n) is 3.54. The van der Waals surface area contributed by atoms with Crippen LogP contribution in [0.2, 0.25) is 0 Å². The van der Waals surface area contributed by atoms with Crippen molar-refractivity contribution in [2.24, 2.45) is 7.05 Å². The summed E-state index contributed by atoms with van der Waals surface area (Å²) in [6.45, 7) is 8.51. The maximum atomic E-state index is 12.3. The second-order valence-corrected chi connectivity index (χ2v) is 7.82. The minimum Gasteiger partial charge on any atom is -0.486 e. The average Bonchev–Trinajstić information content (AvgIpc) is 3.08. The molecule has 2 aromatic heterocycles. The van der Waals surface area contributed by atoms with E-state index < -0.39 is 0 Å². The highest BCUT2D eigenvalue weighted by Crippen LogP contribution is 2.29. The van der Waals surface area contributed by atoms with Crippen LogP contribution in [0, 0.1) is 27.7 Å². The maximum Gasteiger partial charge on any atom is 0.368 e. The highest BCUT2D eigenvalue weighted by atomic mass is 16.5. The molecule has 7 heteroatoms. The van der Waals surface area contributed by atoms with Crippen molar-refractivity contribution in [2.75, 3.05) is 0 Å². The molecule has 4 aromatic rings. The zero-order chi connectivity index (χ0) is 22.1. The number of hydrogen-bond donors (Lipinski definition) is 0. The number of rotatable bonds is 5. The molecule has 0 aliphatic heterocycles. The fraction of sp³-hybridized carbons (Fsp3) is 0.250. The highest BCUT2D eigenvalue weighted by molar-refractivity contribution is 5.65. The van der Waals surface area contributed by atoms with E-state index in [1.54, 1.807) is 7.05 Å². The van der Waals surface area contributed by atoms with Crippen LogP contribution in [0.15, 0.2) is 53.5 Å². The largest absolute Gasteiger partial charge is 0.486 e. The van der Waals surface area contributed by atoms with Crippen LogP contribution >= 0.6 is 0 Å². The molecule has 2 aromatic carbocycles. The van der Waals surface area contributed by atoms with Gasteiger partial charge in [0.15, 0.2) is 0 Å². The number of tetrazole rings is 1. The maximum absolute atomic E-state index is 12.3. The van der Waals surface area contributed by atoms with Gasteiger partial charge in [-0.25, -0.2) is 4.79 Å². The third kappa shape index (κ3) is 3.99. The van der Waals surface area contributed by atoms with Crippen LogP contribution in [-0.4, -0.2) is 24.8 Å². The third-order valence-electron chi connectivity index (χ3n) is 5.38. The predicted octanol–water partition coefficient (Wildman–Crippen LogP) is 3.84. The topological polar surface area (TPSA) is 74.8 Å². The lowest BCUT2D eigenvalue weighted by Crippen LogP contribution is -2.22. The van der Waals surface area contributed by atoms with E-state index in [-0.39, 0.29) is 5.69 Å². The van der Waals surface area contributed by atoms with E-state index in [0.717, 1.165) is 39.1 Å². The molecule has 0 atom stereocenters. The first-order chi connectivity index (χ1) is 14.8. The van der Waals surface area contributed by atoms with Crippen molar-refractivity contribution in [3.05, 3.63) is 87.0 Å². The molecule has 158 valence electrons. The molecule has 0 amide bonds. The van der Waals surface area contributed by atoms with Crippen molar-refractivity contribution in [3.63, 3.8) is 0 Å². The van der Waals surface area contributed by atoms with Crippen molar-refractivity contribution in [1.82, 2.24) is 24.8 Å². The highest BCUT2D eigenvalue weighted by Gasteiger charge is 2.15. The van der Waals surface area contributed by atoms with Crippen LogP contribution in [0.4, 0.5) is 0 Å². The molecular weight excluding hydrogens is 390 g/mol. The first kappa shape index (κ1) is 20.5. The molecule has 0 aliphatic rings. The van der Waals surface area contributed by atoms with Gasteiger partial charge in [-0.3, -0.25) is 4.98 Å². The number of pyridine rings is 1. The first-order valence-electron chi connectivity index (χ1n) is 10.1. The van der Waals surface area contributed by atoms with Crippen molar-refractivity contribution < 1.29 is 4.74 Å². The summed E-state index contributed by atoms with van der Waals surface area (Å²) in [5, 5.41) is 7.76. The van der Waals surface area contributed by atoms with E-state index >= 15 is 0 Å². The van der Waals surface area contributed by atoms with Gasteiger partial charge in [0.2, 0.25) is 0 Å². The van der Waals surface area contributed by atoms with E-state index in [9.17, 15) is 4.79 Å². The van der Waals surface area contributed by atoms with Crippen LogP contribution in [-0.2, 0) is 13.7 Å². The van der Waals surface area contributed by atoms with Gasteiger partial charge < -0.3 is 4.74 Å². The molecule has 31 heavy (non-hydrogen) atoms. The Morgan fingerprint density at radius 3 is 2.42 bits per heavy atom. The van der Waals surface area contributed by atoms with E-state index in [1.165, 1.54) is 9.36 Å². The van der Waals surface area contributed by atoms with Gasteiger partial charge in [0.05, 0.1) is 5.69 Å². The van der Waals surface area contributed by atoms with E-state index in [0.29, 0.717) is 18.0 Å². The Bertz CT molecular complexity index is 1300. The summed E-state index contributed by atoms with van der Waals surface area (Å²) in [6, 6.07) is 14.0. The number of nitrogens with zero attached hydrogens (tertiary/aromatic N) is 5. The molecule has 0 bridgehead atoms. The number of aryl methyl sites for hydroxylation is 5. The molecule has 0 radical (unpaired) electrons. The summed E-state index contributed by atoms with van der Waals surface area (Å²) in [7, 11) is 1.57. The van der Waals surface area contributed by atoms with Gasteiger partial charge >= 0.3 is 5.69 Å². The molecule has 0 fully saturated rings. The number of ether oxygens (including phenoxy) is 1. The van der Waals surface area contributed by atoms with Crippen LogP contribution in [0.5, 0.6) is 5.75 Å². The molecule has 0 N–H and O–H groups in total. The zero-order valence-corrected chi connectivity index (χ0v) is 18.4.